The molecule has 1 heterocycles. The third-order valence-electron chi connectivity index (χ3n) is 4.06. The second-order valence-electron chi connectivity index (χ2n) is 5.98. The molecule has 27 heavy (non-hydrogen) atoms. The first-order valence-electron chi connectivity index (χ1n) is 8.45. The van der Waals surface area contributed by atoms with E-state index in [-0.39, 0.29) is 17.3 Å². The molecule has 1 aliphatic heterocycles. The summed E-state index contributed by atoms with van der Waals surface area (Å²) in [5, 5.41) is 2.65. The summed E-state index contributed by atoms with van der Waals surface area (Å²) in [6.07, 6.45) is -4.47. The molecule has 2 aromatic rings. The van der Waals surface area contributed by atoms with Crippen LogP contribution in [0, 0.1) is 0 Å². The first kappa shape index (κ1) is 19.6. The second-order valence-corrected chi connectivity index (χ2v) is 7.03. The van der Waals surface area contributed by atoms with E-state index in [1.807, 2.05) is 35.2 Å². The molecule has 3 rings (SSSR count). The highest BCUT2D eigenvalue weighted by atomic mass is 32.2. The predicted octanol–water partition coefficient (Wildman–Crippen LogP) is 4.27. The number of carbonyl (C=O) groups excluding carboxylic acids is 1. The van der Waals surface area contributed by atoms with E-state index >= 15 is 0 Å². The summed E-state index contributed by atoms with van der Waals surface area (Å²) < 4.78 is 44.6. The molecule has 4 nitrogen and oxygen atoms in total. The number of alkyl halides is 3. The molecule has 1 fully saturated rings. The fraction of sp³-hybridized carbons (Fsp3) is 0.316. The van der Waals surface area contributed by atoms with Crippen LogP contribution in [-0.4, -0.2) is 38.0 Å². The maximum atomic E-state index is 13.1. The maximum Gasteiger partial charge on any atom is 0.416 e. The lowest BCUT2D eigenvalue weighted by Gasteiger charge is -2.31. The van der Waals surface area contributed by atoms with Crippen molar-refractivity contribution in [2.24, 2.45) is 0 Å². The lowest BCUT2D eigenvalue weighted by molar-refractivity contribution is -0.137. The molecule has 1 amide bonds. The highest BCUT2D eigenvalue weighted by molar-refractivity contribution is 8.00. The van der Waals surface area contributed by atoms with Crippen LogP contribution in [0.4, 0.5) is 24.5 Å². The van der Waals surface area contributed by atoms with Gasteiger partial charge in [-0.25, -0.2) is 0 Å². The highest BCUT2D eigenvalue weighted by Crippen LogP contribution is 2.36. The number of thioether (sulfide) groups is 1. The fourth-order valence-corrected chi connectivity index (χ4v) is 3.46. The Morgan fingerprint density at radius 2 is 1.81 bits per heavy atom. The Morgan fingerprint density at radius 3 is 2.48 bits per heavy atom. The van der Waals surface area contributed by atoms with Gasteiger partial charge >= 0.3 is 6.18 Å². The van der Waals surface area contributed by atoms with E-state index in [1.165, 1.54) is 17.8 Å². The van der Waals surface area contributed by atoms with Gasteiger partial charge in [0.2, 0.25) is 5.91 Å². The minimum Gasteiger partial charge on any atom is -0.378 e. The highest BCUT2D eigenvalue weighted by Gasteiger charge is 2.31. The Labute approximate surface area is 159 Å². The van der Waals surface area contributed by atoms with Crippen molar-refractivity contribution < 1.29 is 22.7 Å². The van der Waals surface area contributed by atoms with Crippen molar-refractivity contribution in [1.82, 2.24) is 0 Å². The first-order chi connectivity index (χ1) is 12.9. The van der Waals surface area contributed by atoms with Crippen molar-refractivity contribution >= 4 is 29.0 Å². The number of anilines is 2. The molecule has 1 aliphatic rings. The molecule has 0 bridgehead atoms. The van der Waals surface area contributed by atoms with E-state index in [0.29, 0.717) is 32.0 Å². The van der Waals surface area contributed by atoms with Crippen molar-refractivity contribution in [2.45, 2.75) is 11.1 Å². The van der Waals surface area contributed by atoms with Crippen LogP contribution in [0.15, 0.2) is 53.4 Å². The standard InChI is InChI=1S/C19H19F3N2O2S/c20-19(21,22)14-6-7-17(24-8-10-26-11-9-24)16(12-14)23-18(25)13-27-15-4-2-1-3-5-15/h1-7,12H,8-11,13H2,(H,23,25). The van der Waals surface area contributed by atoms with Crippen LogP contribution in [0.3, 0.4) is 0 Å². The van der Waals surface area contributed by atoms with Crippen LogP contribution in [-0.2, 0) is 15.7 Å². The number of nitrogens with one attached hydrogen (secondary N) is 1. The van der Waals surface area contributed by atoms with E-state index in [9.17, 15) is 18.0 Å². The Morgan fingerprint density at radius 1 is 1.11 bits per heavy atom. The SMILES string of the molecule is O=C(CSc1ccccc1)Nc1cc(C(F)(F)F)ccc1N1CCOCC1. The summed E-state index contributed by atoms with van der Waals surface area (Å²) in [6, 6.07) is 12.8. The summed E-state index contributed by atoms with van der Waals surface area (Å²) in [7, 11) is 0. The van der Waals surface area contributed by atoms with Crippen LogP contribution >= 0.6 is 11.8 Å². The molecule has 1 saturated heterocycles. The second kappa shape index (κ2) is 8.67. The number of nitrogens with zero attached hydrogens (tertiary/aromatic N) is 1. The number of hydrogen-bond acceptors (Lipinski definition) is 4. The lowest BCUT2D eigenvalue weighted by atomic mass is 10.1. The van der Waals surface area contributed by atoms with Crippen LogP contribution in [0.1, 0.15) is 5.56 Å². The molecule has 0 saturated carbocycles. The monoisotopic (exact) mass is 396 g/mol. The average Bonchev–Trinajstić information content (AvgIpc) is 2.67. The van der Waals surface area contributed by atoms with Crippen molar-refractivity contribution in [2.75, 3.05) is 42.3 Å². The quantitative estimate of drug-likeness (QED) is 0.767. The molecule has 2 aromatic carbocycles. The Kier molecular flexibility index (Phi) is 6.28. The number of rotatable bonds is 5. The number of ether oxygens (including phenoxy) is 1. The van der Waals surface area contributed by atoms with Gasteiger partial charge in [-0.3, -0.25) is 4.79 Å². The Hall–Kier alpha value is -2.19. The molecule has 0 unspecified atom stereocenters. The average molecular weight is 396 g/mol. The zero-order chi connectivity index (χ0) is 19.3. The molecule has 8 heteroatoms. The van der Waals surface area contributed by atoms with Crippen LogP contribution < -0.4 is 10.2 Å². The number of halogens is 3. The van der Waals surface area contributed by atoms with Gasteiger partial charge in [0.1, 0.15) is 0 Å². The lowest BCUT2D eigenvalue weighted by Crippen LogP contribution is -2.37. The predicted molar refractivity (Wildman–Crippen MR) is 100 cm³/mol. The summed E-state index contributed by atoms with van der Waals surface area (Å²) in [5.41, 5.74) is -0.0414. The van der Waals surface area contributed by atoms with E-state index in [0.717, 1.165) is 17.0 Å². The van der Waals surface area contributed by atoms with Gasteiger partial charge in [0.15, 0.2) is 0 Å². The van der Waals surface area contributed by atoms with Gasteiger partial charge in [-0.05, 0) is 30.3 Å². The zero-order valence-corrected chi connectivity index (χ0v) is 15.3. The molecule has 0 atom stereocenters. The normalized spacial score (nSPS) is 14.9. The number of amides is 1. The fourth-order valence-electron chi connectivity index (χ4n) is 2.74. The molecule has 1 N–H and O–H groups in total. The summed E-state index contributed by atoms with van der Waals surface area (Å²) in [6.45, 7) is 2.12. The third-order valence-corrected chi connectivity index (χ3v) is 5.07. The van der Waals surface area contributed by atoms with Gasteiger partial charge in [-0.15, -0.1) is 11.8 Å². The molecule has 0 radical (unpaired) electrons. The zero-order valence-electron chi connectivity index (χ0n) is 14.5. The van der Waals surface area contributed by atoms with Gasteiger partial charge in [0, 0.05) is 18.0 Å². The topological polar surface area (TPSA) is 41.6 Å². The van der Waals surface area contributed by atoms with Crippen molar-refractivity contribution in [3.8, 4) is 0 Å². The van der Waals surface area contributed by atoms with Gasteiger partial charge in [-0.2, -0.15) is 13.2 Å². The molecule has 0 spiro atoms. The van der Waals surface area contributed by atoms with Gasteiger partial charge in [0.25, 0.3) is 0 Å². The molecule has 0 aliphatic carbocycles. The summed E-state index contributed by atoms with van der Waals surface area (Å²) in [5.74, 6) is -0.235. The summed E-state index contributed by atoms with van der Waals surface area (Å²) >= 11 is 1.33. The van der Waals surface area contributed by atoms with Crippen molar-refractivity contribution in [3.05, 3.63) is 54.1 Å². The third kappa shape index (κ3) is 5.40. The molecular weight excluding hydrogens is 377 g/mol. The van der Waals surface area contributed by atoms with E-state index in [4.69, 9.17) is 4.74 Å². The van der Waals surface area contributed by atoms with E-state index in [2.05, 4.69) is 5.32 Å². The molecule has 0 aromatic heterocycles. The van der Waals surface area contributed by atoms with E-state index < -0.39 is 11.7 Å². The number of morpholine rings is 1. The van der Waals surface area contributed by atoms with Gasteiger partial charge in [0.05, 0.1) is 35.9 Å². The van der Waals surface area contributed by atoms with Crippen molar-refractivity contribution in [3.63, 3.8) is 0 Å². The van der Waals surface area contributed by atoms with Gasteiger partial charge < -0.3 is 15.0 Å². The molecule has 144 valence electrons. The van der Waals surface area contributed by atoms with E-state index in [1.54, 1.807) is 0 Å². The minimum absolute atomic E-state index is 0.114. The van der Waals surface area contributed by atoms with Crippen LogP contribution in [0.2, 0.25) is 0 Å². The summed E-state index contributed by atoms with van der Waals surface area (Å²) in [4.78, 5) is 15.2. The largest absolute Gasteiger partial charge is 0.416 e. The van der Waals surface area contributed by atoms with Gasteiger partial charge in [-0.1, -0.05) is 18.2 Å². The first-order valence-corrected chi connectivity index (χ1v) is 9.44. The minimum atomic E-state index is -4.47. The van der Waals surface area contributed by atoms with Crippen LogP contribution in [0.25, 0.3) is 0 Å². The number of benzene rings is 2. The number of carbonyl (C=O) groups is 1. The van der Waals surface area contributed by atoms with Crippen LogP contribution in [0.5, 0.6) is 0 Å². The smallest absolute Gasteiger partial charge is 0.378 e. The number of hydrogen-bond donors (Lipinski definition) is 1. The maximum absolute atomic E-state index is 13.1. The molecular formula is C19H19F3N2O2S. The Balaban J connectivity index is 1.76. The Bertz CT molecular complexity index is 778. The van der Waals surface area contributed by atoms with Crippen molar-refractivity contribution in [1.29, 1.82) is 0 Å².